The fourth-order valence-corrected chi connectivity index (χ4v) is 3.85. The molecule has 0 radical (unpaired) electrons. The van der Waals surface area contributed by atoms with E-state index in [4.69, 9.17) is 11.6 Å². The van der Waals surface area contributed by atoms with Crippen molar-refractivity contribution in [1.82, 2.24) is 9.47 Å². The number of halogens is 1. The zero-order valence-electron chi connectivity index (χ0n) is 18.2. The molecule has 1 aliphatic rings. The molecule has 0 N–H and O–H groups in total. The second-order valence-electron chi connectivity index (χ2n) is 7.02. The van der Waals surface area contributed by atoms with Crippen LogP contribution in [0.1, 0.15) is 56.9 Å². The summed E-state index contributed by atoms with van der Waals surface area (Å²) >= 11 is 6.53. The molecule has 156 valence electrons. The highest BCUT2D eigenvalue weighted by atomic mass is 35.5. The molecule has 0 atom stereocenters. The Bertz CT molecular complexity index is 856. The van der Waals surface area contributed by atoms with Crippen LogP contribution < -0.4 is 0 Å². The zero-order valence-corrected chi connectivity index (χ0v) is 18.9. The molecule has 1 amide bonds. The molecule has 1 aromatic heterocycles. The summed E-state index contributed by atoms with van der Waals surface area (Å²) in [6.07, 6.45) is 9.77. The van der Waals surface area contributed by atoms with Gasteiger partial charge >= 0.3 is 0 Å². The molecular weight excluding hydrogens is 380 g/mol. The highest BCUT2D eigenvalue weighted by molar-refractivity contribution is 6.32. The number of rotatable bonds is 5. The van der Waals surface area contributed by atoms with Crippen molar-refractivity contribution in [2.75, 3.05) is 13.1 Å². The van der Waals surface area contributed by atoms with Gasteiger partial charge in [-0.1, -0.05) is 57.2 Å². The largest absolute Gasteiger partial charge is 0.339 e. The van der Waals surface area contributed by atoms with Gasteiger partial charge in [0.2, 0.25) is 0 Å². The lowest BCUT2D eigenvalue weighted by Crippen LogP contribution is -2.36. The maximum absolute atomic E-state index is 12.8. The first-order valence-corrected chi connectivity index (χ1v) is 11.0. The van der Waals surface area contributed by atoms with Crippen molar-refractivity contribution < 1.29 is 4.79 Å². The monoisotopic (exact) mass is 412 g/mol. The lowest BCUT2D eigenvalue weighted by molar-refractivity contribution is -0.127. The van der Waals surface area contributed by atoms with Gasteiger partial charge < -0.3 is 9.47 Å². The van der Waals surface area contributed by atoms with Crippen LogP contribution >= 0.6 is 11.6 Å². The predicted octanol–water partition coefficient (Wildman–Crippen LogP) is 6.61. The normalized spacial score (nSPS) is 14.2. The minimum Gasteiger partial charge on any atom is -0.339 e. The second-order valence-corrected chi connectivity index (χ2v) is 7.43. The van der Waals surface area contributed by atoms with E-state index in [1.54, 1.807) is 6.08 Å². The maximum Gasteiger partial charge on any atom is 0.253 e. The summed E-state index contributed by atoms with van der Waals surface area (Å²) < 4.78 is 2.07. The minimum absolute atomic E-state index is 0.0419. The molecule has 3 nitrogen and oxygen atoms in total. The van der Waals surface area contributed by atoms with Crippen LogP contribution in [0.15, 0.2) is 48.7 Å². The van der Waals surface area contributed by atoms with Crippen molar-refractivity contribution in [3.63, 3.8) is 0 Å². The smallest absolute Gasteiger partial charge is 0.253 e. The van der Waals surface area contributed by atoms with Crippen molar-refractivity contribution in [1.29, 1.82) is 0 Å². The van der Waals surface area contributed by atoms with Crippen molar-refractivity contribution in [2.45, 2.75) is 53.4 Å². The van der Waals surface area contributed by atoms with Crippen LogP contribution in [0.25, 0.3) is 11.8 Å². The number of aromatic nitrogens is 1. The van der Waals surface area contributed by atoms with Gasteiger partial charge in [-0.05, 0) is 56.4 Å². The third-order valence-corrected chi connectivity index (χ3v) is 5.58. The van der Waals surface area contributed by atoms with E-state index in [0.29, 0.717) is 10.6 Å². The first-order valence-electron chi connectivity index (χ1n) is 10.6. The van der Waals surface area contributed by atoms with E-state index in [-0.39, 0.29) is 5.91 Å². The number of nitrogens with zero attached hydrogens (tertiary/aromatic N) is 2. The van der Waals surface area contributed by atoms with E-state index in [2.05, 4.69) is 42.3 Å². The molecule has 1 aromatic carbocycles. The van der Waals surface area contributed by atoms with Crippen LogP contribution in [-0.2, 0) is 11.2 Å². The molecule has 2 heterocycles. The molecule has 1 aliphatic heterocycles. The molecule has 0 saturated carbocycles. The maximum atomic E-state index is 12.8. The molecule has 1 saturated heterocycles. The number of benzene rings is 1. The van der Waals surface area contributed by atoms with E-state index in [0.717, 1.165) is 49.3 Å². The summed E-state index contributed by atoms with van der Waals surface area (Å²) in [5.41, 5.74) is 4.84. The number of carbonyl (C=O) groups excluding carboxylic acids is 1. The molecule has 1 fully saturated rings. The topological polar surface area (TPSA) is 25.2 Å². The van der Waals surface area contributed by atoms with Gasteiger partial charge in [0.15, 0.2) is 0 Å². The van der Waals surface area contributed by atoms with Crippen molar-refractivity contribution in [3.8, 4) is 5.69 Å². The van der Waals surface area contributed by atoms with Crippen LogP contribution in [0.3, 0.4) is 0 Å². The first kappa shape index (κ1) is 23.0. The molecule has 29 heavy (non-hydrogen) atoms. The molecule has 0 aliphatic carbocycles. The number of likely N-dealkylation sites (tertiary alicyclic amines) is 1. The number of hydrogen-bond acceptors (Lipinski definition) is 1. The van der Waals surface area contributed by atoms with Gasteiger partial charge in [-0.15, -0.1) is 0 Å². The van der Waals surface area contributed by atoms with Crippen molar-refractivity contribution in [3.05, 3.63) is 70.5 Å². The van der Waals surface area contributed by atoms with E-state index < -0.39 is 0 Å². The summed E-state index contributed by atoms with van der Waals surface area (Å²) in [5.74, 6) is 0.0419. The summed E-state index contributed by atoms with van der Waals surface area (Å²) in [5, 5.41) is 0.637. The third-order valence-electron chi connectivity index (χ3n) is 5.28. The fourth-order valence-electron chi connectivity index (χ4n) is 3.56. The van der Waals surface area contributed by atoms with Crippen LogP contribution in [0, 0.1) is 6.92 Å². The SMILES string of the molecule is C=C/C(=C\c1c(Cl)cn(-c2ccc(CC)cc2)c1C)C(=O)N1CCCCC1.CC. The Hall–Kier alpha value is -2.26. The van der Waals surface area contributed by atoms with Crippen LogP contribution in [0.2, 0.25) is 5.02 Å². The first-order chi connectivity index (χ1) is 14.0. The lowest BCUT2D eigenvalue weighted by atomic mass is 10.1. The molecule has 3 rings (SSSR count). The Morgan fingerprint density at radius 3 is 2.31 bits per heavy atom. The number of carbonyl (C=O) groups is 1. The van der Waals surface area contributed by atoms with E-state index in [1.807, 2.05) is 37.9 Å². The number of hydrogen-bond donors (Lipinski definition) is 0. The summed E-state index contributed by atoms with van der Waals surface area (Å²) in [6, 6.07) is 8.46. The highest BCUT2D eigenvalue weighted by Crippen LogP contribution is 2.28. The average Bonchev–Trinajstić information content (AvgIpc) is 3.07. The van der Waals surface area contributed by atoms with Gasteiger partial charge in [-0.25, -0.2) is 0 Å². The second kappa shape index (κ2) is 11.1. The van der Waals surface area contributed by atoms with E-state index >= 15 is 0 Å². The Balaban J connectivity index is 0.00000145. The molecule has 0 bridgehead atoms. The summed E-state index contributed by atoms with van der Waals surface area (Å²) in [7, 11) is 0. The Labute approximate surface area is 180 Å². The van der Waals surface area contributed by atoms with Crippen molar-refractivity contribution >= 4 is 23.6 Å². The third kappa shape index (κ3) is 5.42. The Morgan fingerprint density at radius 2 is 1.76 bits per heavy atom. The van der Waals surface area contributed by atoms with E-state index in [1.165, 1.54) is 12.0 Å². The Morgan fingerprint density at radius 1 is 1.14 bits per heavy atom. The van der Waals surface area contributed by atoms with Gasteiger partial charge in [0, 0.05) is 41.8 Å². The van der Waals surface area contributed by atoms with Gasteiger partial charge in [0.05, 0.1) is 5.02 Å². The average molecular weight is 413 g/mol. The van der Waals surface area contributed by atoms with E-state index in [9.17, 15) is 4.79 Å². The van der Waals surface area contributed by atoms with Crippen LogP contribution in [0.5, 0.6) is 0 Å². The van der Waals surface area contributed by atoms with Crippen LogP contribution in [-0.4, -0.2) is 28.5 Å². The number of piperidine rings is 1. The molecule has 2 aromatic rings. The zero-order chi connectivity index (χ0) is 21.4. The number of amides is 1. The van der Waals surface area contributed by atoms with Gasteiger partial charge in [0.25, 0.3) is 5.91 Å². The Kier molecular flexibility index (Phi) is 8.78. The standard InChI is InChI=1S/C23H27ClN2O.C2H6/c1-4-18-9-11-20(12-10-18)26-16-22(24)21(17(26)3)15-19(5-2)23(27)25-13-7-6-8-14-25;1-2/h5,9-12,15-16H,2,4,6-8,13-14H2,1,3H3;1-2H3/b19-15+;. The van der Waals surface area contributed by atoms with Gasteiger partial charge in [-0.2, -0.15) is 0 Å². The molecule has 0 unspecified atom stereocenters. The van der Waals surface area contributed by atoms with Crippen LogP contribution in [0.4, 0.5) is 0 Å². The quantitative estimate of drug-likeness (QED) is 0.400. The molecule has 0 spiro atoms. The number of aryl methyl sites for hydroxylation is 1. The van der Waals surface area contributed by atoms with Gasteiger partial charge in [0.1, 0.15) is 0 Å². The lowest BCUT2D eigenvalue weighted by Gasteiger charge is -2.27. The van der Waals surface area contributed by atoms with Gasteiger partial charge in [-0.3, -0.25) is 4.79 Å². The highest BCUT2D eigenvalue weighted by Gasteiger charge is 2.20. The summed E-state index contributed by atoms with van der Waals surface area (Å²) in [6.45, 7) is 13.7. The predicted molar refractivity (Wildman–Crippen MR) is 125 cm³/mol. The fraction of sp³-hybridized carbons (Fsp3) is 0.400. The minimum atomic E-state index is 0.0419. The molecule has 4 heteroatoms. The molecular formula is C25H33ClN2O. The summed E-state index contributed by atoms with van der Waals surface area (Å²) in [4.78, 5) is 14.8. The van der Waals surface area contributed by atoms with Crippen molar-refractivity contribution in [2.24, 2.45) is 0 Å².